The molecule has 19 heavy (non-hydrogen) atoms. The van der Waals surface area contributed by atoms with Crippen molar-refractivity contribution in [2.45, 2.75) is 64.5 Å². The number of carboxylic acid groups (broad SMARTS) is 1. The maximum Gasteiger partial charge on any atom is 0.329 e. The molecule has 5 heteroatoms. The second-order valence-electron chi connectivity index (χ2n) is 6.72. The van der Waals surface area contributed by atoms with Gasteiger partial charge < -0.3 is 15.3 Å². The molecule has 2 fully saturated rings. The normalized spacial score (nSPS) is 33.4. The van der Waals surface area contributed by atoms with Crippen molar-refractivity contribution in [3.05, 3.63) is 0 Å². The fourth-order valence-electron chi connectivity index (χ4n) is 3.33. The Labute approximate surface area is 114 Å². The number of hydrogen-bond donors (Lipinski definition) is 2. The number of carboxylic acids is 1. The minimum absolute atomic E-state index is 0.106. The Morgan fingerprint density at radius 1 is 1.21 bits per heavy atom. The summed E-state index contributed by atoms with van der Waals surface area (Å²) in [4.78, 5) is 25.2. The largest absolute Gasteiger partial charge is 0.480 e. The van der Waals surface area contributed by atoms with Gasteiger partial charge in [-0.2, -0.15) is 0 Å². The average Bonchev–Trinajstić information content (AvgIpc) is 2.84. The van der Waals surface area contributed by atoms with Crippen molar-refractivity contribution in [1.29, 1.82) is 0 Å². The van der Waals surface area contributed by atoms with E-state index in [0.717, 1.165) is 25.7 Å². The van der Waals surface area contributed by atoms with E-state index in [1.54, 1.807) is 6.92 Å². The molecule has 0 aromatic rings. The first-order valence-electron chi connectivity index (χ1n) is 7.09. The second-order valence-corrected chi connectivity index (χ2v) is 6.72. The number of likely N-dealkylation sites (tertiary alicyclic amines) is 1. The van der Waals surface area contributed by atoms with E-state index in [-0.39, 0.29) is 17.5 Å². The summed E-state index contributed by atoms with van der Waals surface area (Å²) < 4.78 is 0. The van der Waals surface area contributed by atoms with Gasteiger partial charge in [-0.05, 0) is 38.0 Å². The van der Waals surface area contributed by atoms with Crippen molar-refractivity contribution in [3.8, 4) is 0 Å². The number of hydrogen-bond acceptors (Lipinski definition) is 2. The Hall–Kier alpha value is -1.26. The first-order valence-corrected chi connectivity index (χ1v) is 7.09. The van der Waals surface area contributed by atoms with Crippen LogP contribution in [0.5, 0.6) is 0 Å². The van der Waals surface area contributed by atoms with Gasteiger partial charge in [0.1, 0.15) is 5.54 Å². The highest BCUT2D eigenvalue weighted by Crippen LogP contribution is 2.38. The predicted octanol–water partition coefficient (Wildman–Crippen LogP) is 2.21. The van der Waals surface area contributed by atoms with Crippen LogP contribution in [-0.4, -0.2) is 40.1 Å². The molecule has 1 heterocycles. The van der Waals surface area contributed by atoms with Gasteiger partial charge in [-0.3, -0.25) is 0 Å². The summed E-state index contributed by atoms with van der Waals surface area (Å²) in [5.41, 5.74) is -0.943. The summed E-state index contributed by atoms with van der Waals surface area (Å²) in [7, 11) is 0. The third-order valence-corrected chi connectivity index (χ3v) is 4.90. The summed E-state index contributed by atoms with van der Waals surface area (Å²) in [5, 5.41) is 12.4. The van der Waals surface area contributed by atoms with E-state index in [0.29, 0.717) is 13.0 Å². The van der Waals surface area contributed by atoms with E-state index in [4.69, 9.17) is 0 Å². The topological polar surface area (TPSA) is 69.6 Å². The molecular weight excluding hydrogens is 244 g/mol. The Bertz CT molecular complexity index is 394. The Kier molecular flexibility index (Phi) is 3.49. The number of carbonyl (C=O) groups is 2. The molecule has 108 valence electrons. The van der Waals surface area contributed by atoms with Crippen LogP contribution in [0.2, 0.25) is 0 Å². The third-order valence-electron chi connectivity index (χ3n) is 4.90. The number of amides is 2. The van der Waals surface area contributed by atoms with Crippen molar-refractivity contribution < 1.29 is 14.7 Å². The fraction of sp³-hybridized carbons (Fsp3) is 0.857. The zero-order valence-corrected chi connectivity index (χ0v) is 12.0. The first kappa shape index (κ1) is 14.2. The van der Waals surface area contributed by atoms with Gasteiger partial charge in [0.25, 0.3) is 0 Å². The van der Waals surface area contributed by atoms with Gasteiger partial charge in [-0.1, -0.05) is 20.3 Å². The zero-order chi connectivity index (χ0) is 14.3. The number of carbonyl (C=O) groups excluding carboxylic acids is 1. The molecule has 2 atom stereocenters. The molecule has 2 unspecified atom stereocenters. The molecule has 5 nitrogen and oxygen atoms in total. The Morgan fingerprint density at radius 3 is 2.42 bits per heavy atom. The molecule has 2 amide bonds. The van der Waals surface area contributed by atoms with Crippen LogP contribution in [0.4, 0.5) is 4.79 Å². The summed E-state index contributed by atoms with van der Waals surface area (Å²) >= 11 is 0. The lowest BCUT2D eigenvalue weighted by molar-refractivity contribution is -0.147. The van der Waals surface area contributed by atoms with E-state index in [1.807, 2.05) is 0 Å². The highest BCUT2D eigenvalue weighted by molar-refractivity contribution is 5.86. The van der Waals surface area contributed by atoms with Crippen LogP contribution in [0.15, 0.2) is 0 Å². The van der Waals surface area contributed by atoms with Crippen LogP contribution in [0.3, 0.4) is 0 Å². The first-order chi connectivity index (χ1) is 8.77. The maximum atomic E-state index is 12.4. The van der Waals surface area contributed by atoms with Gasteiger partial charge >= 0.3 is 12.0 Å². The Morgan fingerprint density at radius 2 is 1.89 bits per heavy atom. The SMILES string of the molecule is CC1(C)CCCC1NC(=O)N1CCCC1(C)C(=O)O. The van der Waals surface area contributed by atoms with E-state index in [9.17, 15) is 14.7 Å². The maximum absolute atomic E-state index is 12.4. The van der Waals surface area contributed by atoms with E-state index >= 15 is 0 Å². The highest BCUT2D eigenvalue weighted by Gasteiger charge is 2.47. The lowest BCUT2D eigenvalue weighted by atomic mass is 9.87. The minimum atomic E-state index is -1.05. The standard InChI is InChI=1S/C14H24N2O3/c1-13(2)7-4-6-10(13)15-12(19)16-9-5-8-14(16,3)11(17)18/h10H,4-9H2,1-3H3,(H,15,19)(H,17,18). The summed E-state index contributed by atoms with van der Waals surface area (Å²) in [6.07, 6.45) is 4.49. The Balaban J connectivity index is 2.06. The predicted molar refractivity (Wildman–Crippen MR) is 71.9 cm³/mol. The monoisotopic (exact) mass is 268 g/mol. The lowest BCUT2D eigenvalue weighted by Crippen LogP contribution is -2.56. The molecular formula is C14H24N2O3. The third kappa shape index (κ3) is 2.42. The smallest absolute Gasteiger partial charge is 0.329 e. The fourth-order valence-corrected chi connectivity index (χ4v) is 3.33. The van der Waals surface area contributed by atoms with Gasteiger partial charge in [-0.15, -0.1) is 0 Å². The quantitative estimate of drug-likeness (QED) is 0.806. The van der Waals surface area contributed by atoms with E-state index in [1.165, 1.54) is 4.90 Å². The number of nitrogens with zero attached hydrogens (tertiary/aromatic N) is 1. The van der Waals surface area contributed by atoms with Crippen LogP contribution in [-0.2, 0) is 4.79 Å². The summed E-state index contributed by atoms with van der Waals surface area (Å²) in [6, 6.07) is -0.0685. The lowest BCUT2D eigenvalue weighted by Gasteiger charge is -2.35. The van der Waals surface area contributed by atoms with Crippen LogP contribution in [0.25, 0.3) is 0 Å². The molecule has 2 aliphatic rings. The van der Waals surface area contributed by atoms with Gasteiger partial charge in [0, 0.05) is 12.6 Å². The average molecular weight is 268 g/mol. The zero-order valence-electron chi connectivity index (χ0n) is 12.0. The van der Waals surface area contributed by atoms with Crippen molar-refractivity contribution >= 4 is 12.0 Å². The number of rotatable bonds is 2. The summed E-state index contributed by atoms with van der Waals surface area (Å²) in [6.45, 7) is 6.49. The van der Waals surface area contributed by atoms with Crippen LogP contribution in [0.1, 0.15) is 52.9 Å². The van der Waals surface area contributed by atoms with Gasteiger partial charge in [0.15, 0.2) is 0 Å². The molecule has 0 radical (unpaired) electrons. The number of nitrogens with one attached hydrogen (secondary N) is 1. The molecule has 1 aliphatic carbocycles. The second kappa shape index (κ2) is 4.69. The number of aliphatic carboxylic acids is 1. The molecule has 1 saturated heterocycles. The molecule has 0 aromatic carbocycles. The molecule has 2 N–H and O–H groups in total. The van der Waals surface area contributed by atoms with Crippen molar-refractivity contribution in [2.75, 3.05) is 6.54 Å². The molecule has 1 aliphatic heterocycles. The van der Waals surface area contributed by atoms with Gasteiger partial charge in [0.05, 0.1) is 0 Å². The summed E-state index contributed by atoms with van der Waals surface area (Å²) in [5.74, 6) is -0.911. The van der Waals surface area contributed by atoms with E-state index in [2.05, 4.69) is 19.2 Å². The van der Waals surface area contributed by atoms with Crippen LogP contribution < -0.4 is 5.32 Å². The molecule has 1 saturated carbocycles. The van der Waals surface area contributed by atoms with Crippen molar-refractivity contribution in [1.82, 2.24) is 10.2 Å². The molecule has 0 aromatic heterocycles. The van der Waals surface area contributed by atoms with Crippen molar-refractivity contribution in [3.63, 3.8) is 0 Å². The van der Waals surface area contributed by atoms with Gasteiger partial charge in [-0.25, -0.2) is 9.59 Å². The van der Waals surface area contributed by atoms with Crippen molar-refractivity contribution in [2.24, 2.45) is 5.41 Å². The van der Waals surface area contributed by atoms with Crippen LogP contribution >= 0.6 is 0 Å². The molecule has 0 spiro atoms. The van der Waals surface area contributed by atoms with E-state index < -0.39 is 11.5 Å². The molecule has 2 rings (SSSR count). The van der Waals surface area contributed by atoms with Crippen LogP contribution in [0, 0.1) is 5.41 Å². The highest BCUT2D eigenvalue weighted by atomic mass is 16.4. The molecule has 0 bridgehead atoms. The minimum Gasteiger partial charge on any atom is -0.480 e. The van der Waals surface area contributed by atoms with Gasteiger partial charge in [0.2, 0.25) is 0 Å². The number of urea groups is 1.